The lowest BCUT2D eigenvalue weighted by Crippen LogP contribution is -2.03. The van der Waals surface area contributed by atoms with E-state index in [1.165, 1.54) is 0 Å². The van der Waals surface area contributed by atoms with E-state index in [1.54, 1.807) is 24.5 Å². The number of fused-ring (bicyclic) bond motifs is 1. The summed E-state index contributed by atoms with van der Waals surface area (Å²) in [5.74, 6) is 1.69. The van der Waals surface area contributed by atoms with Gasteiger partial charge in [0.25, 0.3) is 0 Å². The zero-order valence-corrected chi connectivity index (χ0v) is 10.7. The Morgan fingerprint density at radius 2 is 2.15 bits per heavy atom. The van der Waals surface area contributed by atoms with E-state index in [-0.39, 0.29) is 6.79 Å². The van der Waals surface area contributed by atoms with Gasteiger partial charge in [0.05, 0.1) is 12.2 Å². The average molecular weight is 271 g/mol. The summed E-state index contributed by atoms with van der Waals surface area (Å²) in [5.41, 5.74) is 1.54. The molecule has 0 atom stereocenters. The third-order valence-corrected chi connectivity index (χ3v) is 3.00. The summed E-state index contributed by atoms with van der Waals surface area (Å²) in [6.45, 7) is 0.638. The zero-order chi connectivity index (χ0) is 13.8. The SMILES string of the molecule is O=Cc1cc2c(cc1OCCc1cccnc1)OCO2. The van der Waals surface area contributed by atoms with Crippen LogP contribution in [-0.4, -0.2) is 24.7 Å². The Morgan fingerprint density at radius 3 is 2.90 bits per heavy atom. The molecule has 0 saturated heterocycles. The highest BCUT2D eigenvalue weighted by Gasteiger charge is 2.17. The van der Waals surface area contributed by atoms with Gasteiger partial charge in [-0.15, -0.1) is 0 Å². The van der Waals surface area contributed by atoms with Crippen LogP contribution in [-0.2, 0) is 6.42 Å². The molecule has 5 nitrogen and oxygen atoms in total. The molecule has 0 radical (unpaired) electrons. The van der Waals surface area contributed by atoms with Crippen LogP contribution in [0.15, 0.2) is 36.7 Å². The summed E-state index contributed by atoms with van der Waals surface area (Å²) in [7, 11) is 0. The maximum Gasteiger partial charge on any atom is 0.231 e. The van der Waals surface area contributed by atoms with Gasteiger partial charge in [0.2, 0.25) is 6.79 Å². The monoisotopic (exact) mass is 271 g/mol. The molecule has 0 amide bonds. The fraction of sp³-hybridized carbons (Fsp3) is 0.200. The maximum absolute atomic E-state index is 11.1. The number of ether oxygens (including phenoxy) is 3. The smallest absolute Gasteiger partial charge is 0.231 e. The van der Waals surface area contributed by atoms with E-state index in [9.17, 15) is 4.79 Å². The number of aldehydes is 1. The van der Waals surface area contributed by atoms with Crippen molar-refractivity contribution in [3.63, 3.8) is 0 Å². The number of carbonyl (C=O) groups excluding carboxylic acids is 1. The lowest BCUT2D eigenvalue weighted by molar-refractivity contribution is 0.111. The van der Waals surface area contributed by atoms with Gasteiger partial charge in [0.1, 0.15) is 5.75 Å². The van der Waals surface area contributed by atoms with Gasteiger partial charge in [-0.3, -0.25) is 9.78 Å². The standard InChI is InChI=1S/C15H13NO4/c17-9-12-6-14-15(20-10-19-14)7-13(12)18-5-3-11-2-1-4-16-8-11/h1-2,4,6-9H,3,5,10H2. The Bertz CT molecular complexity index is 613. The Hall–Kier alpha value is -2.56. The minimum atomic E-state index is 0.173. The van der Waals surface area contributed by atoms with Crippen molar-refractivity contribution in [1.82, 2.24) is 4.98 Å². The van der Waals surface area contributed by atoms with Crippen molar-refractivity contribution in [1.29, 1.82) is 0 Å². The zero-order valence-electron chi connectivity index (χ0n) is 10.7. The Morgan fingerprint density at radius 1 is 1.30 bits per heavy atom. The van der Waals surface area contributed by atoms with E-state index >= 15 is 0 Å². The van der Waals surface area contributed by atoms with Crippen molar-refractivity contribution < 1.29 is 19.0 Å². The number of pyridine rings is 1. The van der Waals surface area contributed by atoms with Crippen LogP contribution in [0.2, 0.25) is 0 Å². The largest absolute Gasteiger partial charge is 0.492 e. The third kappa shape index (κ3) is 2.56. The quantitative estimate of drug-likeness (QED) is 0.781. The second kappa shape index (κ2) is 5.61. The molecule has 0 saturated carbocycles. The summed E-state index contributed by atoms with van der Waals surface area (Å²) < 4.78 is 16.2. The molecule has 0 N–H and O–H groups in total. The van der Waals surface area contributed by atoms with Crippen LogP contribution in [0.25, 0.3) is 0 Å². The van der Waals surface area contributed by atoms with Crippen LogP contribution in [0.4, 0.5) is 0 Å². The molecule has 0 spiro atoms. The van der Waals surface area contributed by atoms with Gasteiger partial charge < -0.3 is 14.2 Å². The third-order valence-electron chi connectivity index (χ3n) is 3.00. The number of aromatic nitrogens is 1. The first kappa shape index (κ1) is 12.5. The number of carbonyl (C=O) groups is 1. The molecule has 5 heteroatoms. The molecular formula is C15H13NO4. The number of benzene rings is 1. The Labute approximate surface area is 116 Å². The molecule has 1 aliphatic rings. The molecule has 3 rings (SSSR count). The lowest BCUT2D eigenvalue weighted by atomic mass is 10.2. The van der Waals surface area contributed by atoms with E-state index in [4.69, 9.17) is 14.2 Å². The lowest BCUT2D eigenvalue weighted by Gasteiger charge is -2.09. The summed E-state index contributed by atoms with van der Waals surface area (Å²) in [5, 5.41) is 0. The van der Waals surface area contributed by atoms with E-state index in [2.05, 4.69) is 4.98 Å². The molecule has 1 aromatic carbocycles. The minimum Gasteiger partial charge on any atom is -0.492 e. The van der Waals surface area contributed by atoms with Crippen LogP contribution in [0, 0.1) is 0 Å². The normalized spacial score (nSPS) is 12.2. The van der Waals surface area contributed by atoms with Gasteiger partial charge in [0, 0.05) is 24.9 Å². The summed E-state index contributed by atoms with van der Waals surface area (Å²) in [4.78, 5) is 15.1. The van der Waals surface area contributed by atoms with Gasteiger partial charge in [-0.25, -0.2) is 0 Å². The second-order valence-electron chi connectivity index (χ2n) is 4.32. The van der Waals surface area contributed by atoms with Gasteiger partial charge in [-0.05, 0) is 17.7 Å². The number of nitrogens with zero attached hydrogens (tertiary/aromatic N) is 1. The molecule has 0 fully saturated rings. The molecule has 0 aliphatic carbocycles. The first-order chi connectivity index (χ1) is 9.86. The minimum absolute atomic E-state index is 0.173. The molecule has 1 aliphatic heterocycles. The van der Waals surface area contributed by atoms with E-state index in [1.807, 2.05) is 12.1 Å². The highest BCUT2D eigenvalue weighted by molar-refractivity contribution is 5.81. The predicted octanol–water partition coefficient (Wildman–Crippen LogP) is 2.24. The molecule has 2 heterocycles. The molecule has 2 aromatic rings. The van der Waals surface area contributed by atoms with Crippen molar-refractivity contribution in [3.8, 4) is 17.2 Å². The van der Waals surface area contributed by atoms with E-state index in [0.717, 1.165) is 18.3 Å². The summed E-state index contributed by atoms with van der Waals surface area (Å²) >= 11 is 0. The topological polar surface area (TPSA) is 57.7 Å². The van der Waals surface area contributed by atoms with E-state index in [0.29, 0.717) is 29.4 Å². The number of rotatable bonds is 5. The fourth-order valence-electron chi connectivity index (χ4n) is 1.98. The Kier molecular flexibility index (Phi) is 3.50. The number of hydrogen-bond donors (Lipinski definition) is 0. The fourth-order valence-corrected chi connectivity index (χ4v) is 1.98. The van der Waals surface area contributed by atoms with E-state index < -0.39 is 0 Å². The average Bonchev–Trinajstić information content (AvgIpc) is 2.94. The molecule has 1 aromatic heterocycles. The predicted molar refractivity (Wildman–Crippen MR) is 71.4 cm³/mol. The van der Waals surface area contributed by atoms with Crippen LogP contribution >= 0.6 is 0 Å². The molecule has 102 valence electrons. The molecule has 20 heavy (non-hydrogen) atoms. The van der Waals surface area contributed by atoms with Crippen molar-refractivity contribution >= 4 is 6.29 Å². The highest BCUT2D eigenvalue weighted by atomic mass is 16.7. The highest BCUT2D eigenvalue weighted by Crippen LogP contribution is 2.37. The molecular weight excluding hydrogens is 258 g/mol. The van der Waals surface area contributed by atoms with Crippen LogP contribution in [0.1, 0.15) is 15.9 Å². The first-order valence-corrected chi connectivity index (χ1v) is 6.27. The summed E-state index contributed by atoms with van der Waals surface area (Å²) in [6.07, 6.45) is 5.00. The van der Waals surface area contributed by atoms with Gasteiger partial charge in [-0.2, -0.15) is 0 Å². The number of hydrogen-bond acceptors (Lipinski definition) is 5. The Balaban J connectivity index is 1.69. The first-order valence-electron chi connectivity index (χ1n) is 6.27. The van der Waals surface area contributed by atoms with Crippen molar-refractivity contribution in [3.05, 3.63) is 47.8 Å². The van der Waals surface area contributed by atoms with Crippen LogP contribution in [0.5, 0.6) is 17.2 Å². The van der Waals surface area contributed by atoms with Crippen LogP contribution < -0.4 is 14.2 Å². The van der Waals surface area contributed by atoms with Crippen molar-refractivity contribution in [2.45, 2.75) is 6.42 Å². The van der Waals surface area contributed by atoms with Gasteiger partial charge in [0.15, 0.2) is 17.8 Å². The van der Waals surface area contributed by atoms with Crippen molar-refractivity contribution in [2.24, 2.45) is 0 Å². The van der Waals surface area contributed by atoms with Gasteiger partial charge >= 0.3 is 0 Å². The molecule has 0 unspecified atom stereocenters. The summed E-state index contributed by atoms with van der Waals surface area (Å²) in [6, 6.07) is 7.19. The van der Waals surface area contributed by atoms with Crippen LogP contribution in [0.3, 0.4) is 0 Å². The van der Waals surface area contributed by atoms with Gasteiger partial charge in [-0.1, -0.05) is 6.07 Å². The molecule has 0 bridgehead atoms. The maximum atomic E-state index is 11.1. The van der Waals surface area contributed by atoms with Crippen molar-refractivity contribution in [2.75, 3.05) is 13.4 Å². The second-order valence-corrected chi connectivity index (χ2v) is 4.32.